The Bertz CT molecular complexity index is 369. The summed E-state index contributed by atoms with van der Waals surface area (Å²) >= 11 is 0. The highest BCUT2D eigenvalue weighted by molar-refractivity contribution is 5.82. The van der Waals surface area contributed by atoms with Gasteiger partial charge in [-0.15, -0.1) is 0 Å². The standard InChI is InChI=1S/C16H31N3O3/c1-12(2)17-10-14(20)11-19-8-6-13(7-9-19)18-15(21)22-16(3,4)5/h12-13,17H,6-11H2,1-5H3,(H,18,21). The number of Topliss-reactive ketones (excluding diaryl/α,β-unsaturated/α-hetero) is 1. The van der Waals surface area contributed by atoms with Crippen molar-refractivity contribution in [2.24, 2.45) is 0 Å². The number of ether oxygens (including phenoxy) is 1. The van der Waals surface area contributed by atoms with Gasteiger partial charge in [-0.1, -0.05) is 13.8 Å². The van der Waals surface area contributed by atoms with Crippen LogP contribution in [-0.4, -0.2) is 60.6 Å². The van der Waals surface area contributed by atoms with Gasteiger partial charge >= 0.3 is 6.09 Å². The van der Waals surface area contributed by atoms with Crippen molar-refractivity contribution in [2.45, 2.75) is 65.1 Å². The van der Waals surface area contributed by atoms with Crippen LogP contribution in [0.3, 0.4) is 0 Å². The number of alkyl carbamates (subject to hydrolysis) is 1. The van der Waals surface area contributed by atoms with Gasteiger partial charge in [0, 0.05) is 25.2 Å². The van der Waals surface area contributed by atoms with E-state index in [1.54, 1.807) is 0 Å². The number of carbonyl (C=O) groups is 2. The predicted octanol–water partition coefficient (Wildman–Crippen LogP) is 1.54. The fourth-order valence-corrected chi connectivity index (χ4v) is 2.33. The Kier molecular flexibility index (Phi) is 7.29. The molecule has 1 heterocycles. The van der Waals surface area contributed by atoms with Gasteiger partial charge in [-0.3, -0.25) is 9.69 Å². The van der Waals surface area contributed by atoms with Crippen molar-refractivity contribution in [1.82, 2.24) is 15.5 Å². The molecule has 6 nitrogen and oxygen atoms in total. The van der Waals surface area contributed by atoms with Gasteiger partial charge in [0.05, 0.1) is 13.1 Å². The molecule has 1 aliphatic rings. The number of rotatable bonds is 6. The van der Waals surface area contributed by atoms with Gasteiger partial charge in [0.15, 0.2) is 5.78 Å². The summed E-state index contributed by atoms with van der Waals surface area (Å²) in [5, 5.41) is 6.05. The number of hydrogen-bond donors (Lipinski definition) is 2. The largest absolute Gasteiger partial charge is 0.444 e. The SMILES string of the molecule is CC(C)NCC(=O)CN1CCC(NC(=O)OC(C)(C)C)CC1. The number of nitrogens with one attached hydrogen (secondary N) is 2. The van der Waals surface area contributed by atoms with E-state index >= 15 is 0 Å². The third-order valence-corrected chi connectivity index (χ3v) is 3.42. The number of ketones is 1. The van der Waals surface area contributed by atoms with Crippen LogP contribution in [0.25, 0.3) is 0 Å². The number of carbonyl (C=O) groups excluding carboxylic acids is 2. The Morgan fingerprint density at radius 3 is 2.32 bits per heavy atom. The number of piperidine rings is 1. The third-order valence-electron chi connectivity index (χ3n) is 3.42. The molecule has 0 aromatic heterocycles. The third kappa shape index (κ3) is 8.34. The van der Waals surface area contributed by atoms with Crippen LogP contribution in [0.1, 0.15) is 47.5 Å². The first-order valence-electron chi connectivity index (χ1n) is 8.12. The molecule has 1 saturated heterocycles. The minimum absolute atomic E-state index is 0.134. The zero-order chi connectivity index (χ0) is 16.8. The highest BCUT2D eigenvalue weighted by Crippen LogP contribution is 2.12. The second kappa shape index (κ2) is 8.48. The summed E-state index contributed by atoms with van der Waals surface area (Å²) in [6.45, 7) is 12.2. The van der Waals surface area contributed by atoms with E-state index in [1.165, 1.54) is 0 Å². The molecule has 0 aromatic carbocycles. The van der Waals surface area contributed by atoms with E-state index in [4.69, 9.17) is 4.74 Å². The normalized spacial score (nSPS) is 17.5. The summed E-state index contributed by atoms with van der Waals surface area (Å²) in [5.41, 5.74) is -0.472. The van der Waals surface area contributed by atoms with Crippen molar-refractivity contribution in [2.75, 3.05) is 26.2 Å². The number of likely N-dealkylation sites (tertiary alicyclic amines) is 1. The summed E-state index contributed by atoms with van der Waals surface area (Å²) in [6.07, 6.45) is 1.34. The van der Waals surface area contributed by atoms with Crippen LogP contribution in [-0.2, 0) is 9.53 Å². The molecular weight excluding hydrogens is 282 g/mol. The molecule has 0 aromatic rings. The lowest BCUT2D eigenvalue weighted by molar-refractivity contribution is -0.119. The number of amides is 1. The predicted molar refractivity (Wildman–Crippen MR) is 87.0 cm³/mol. The molecule has 1 amide bonds. The molecular formula is C16H31N3O3. The zero-order valence-corrected chi connectivity index (χ0v) is 14.6. The topological polar surface area (TPSA) is 70.7 Å². The van der Waals surface area contributed by atoms with E-state index in [-0.39, 0.29) is 17.9 Å². The molecule has 22 heavy (non-hydrogen) atoms. The monoisotopic (exact) mass is 313 g/mol. The molecule has 6 heteroatoms. The Labute approximate surface area is 134 Å². The van der Waals surface area contributed by atoms with E-state index < -0.39 is 5.60 Å². The fraction of sp³-hybridized carbons (Fsp3) is 0.875. The average molecular weight is 313 g/mol. The summed E-state index contributed by atoms with van der Waals surface area (Å²) in [4.78, 5) is 25.7. The van der Waals surface area contributed by atoms with Gasteiger partial charge in [0.1, 0.15) is 5.60 Å². The first kappa shape index (κ1) is 18.9. The van der Waals surface area contributed by atoms with Crippen molar-refractivity contribution in [3.63, 3.8) is 0 Å². The summed E-state index contributed by atoms with van der Waals surface area (Å²) in [6, 6.07) is 0.461. The smallest absolute Gasteiger partial charge is 0.407 e. The maximum Gasteiger partial charge on any atom is 0.407 e. The van der Waals surface area contributed by atoms with Gasteiger partial charge in [0.25, 0.3) is 0 Å². The van der Waals surface area contributed by atoms with Crippen molar-refractivity contribution < 1.29 is 14.3 Å². The zero-order valence-electron chi connectivity index (χ0n) is 14.6. The molecule has 1 aliphatic heterocycles. The molecule has 0 unspecified atom stereocenters. The highest BCUT2D eigenvalue weighted by atomic mass is 16.6. The Balaban J connectivity index is 2.23. The van der Waals surface area contributed by atoms with E-state index in [1.807, 2.05) is 34.6 Å². The number of nitrogens with zero attached hydrogens (tertiary/aromatic N) is 1. The second-order valence-electron chi connectivity index (χ2n) is 7.27. The summed E-state index contributed by atoms with van der Waals surface area (Å²) in [5.74, 6) is 0.215. The van der Waals surface area contributed by atoms with Crippen molar-refractivity contribution in [1.29, 1.82) is 0 Å². The molecule has 1 fully saturated rings. The van der Waals surface area contributed by atoms with Gasteiger partial charge in [-0.05, 0) is 33.6 Å². The van der Waals surface area contributed by atoms with E-state index in [0.717, 1.165) is 25.9 Å². The molecule has 2 N–H and O–H groups in total. The first-order valence-corrected chi connectivity index (χ1v) is 8.12. The van der Waals surface area contributed by atoms with Gasteiger partial charge in [-0.2, -0.15) is 0 Å². The van der Waals surface area contributed by atoms with Crippen LogP contribution < -0.4 is 10.6 Å². The molecule has 1 rings (SSSR count). The lowest BCUT2D eigenvalue weighted by Gasteiger charge is -2.32. The maximum absolute atomic E-state index is 11.8. The quantitative estimate of drug-likeness (QED) is 0.778. The Morgan fingerprint density at radius 2 is 1.82 bits per heavy atom. The minimum Gasteiger partial charge on any atom is -0.444 e. The van der Waals surface area contributed by atoms with Crippen LogP contribution >= 0.6 is 0 Å². The van der Waals surface area contributed by atoms with E-state index in [9.17, 15) is 9.59 Å². The van der Waals surface area contributed by atoms with Gasteiger partial charge in [-0.25, -0.2) is 4.79 Å². The molecule has 128 valence electrons. The summed E-state index contributed by atoms with van der Waals surface area (Å²) in [7, 11) is 0. The van der Waals surface area contributed by atoms with Gasteiger partial charge < -0.3 is 15.4 Å². The van der Waals surface area contributed by atoms with Crippen LogP contribution in [0.5, 0.6) is 0 Å². The fourth-order valence-electron chi connectivity index (χ4n) is 2.33. The summed E-state index contributed by atoms with van der Waals surface area (Å²) < 4.78 is 5.26. The molecule has 0 bridgehead atoms. The van der Waals surface area contributed by atoms with Crippen molar-refractivity contribution >= 4 is 11.9 Å². The molecule has 0 spiro atoms. The highest BCUT2D eigenvalue weighted by Gasteiger charge is 2.24. The molecule has 0 atom stereocenters. The van der Waals surface area contributed by atoms with Crippen LogP contribution in [0, 0.1) is 0 Å². The first-order chi connectivity index (χ1) is 10.2. The van der Waals surface area contributed by atoms with Crippen LogP contribution in [0.4, 0.5) is 4.79 Å². The lowest BCUT2D eigenvalue weighted by Crippen LogP contribution is -2.47. The average Bonchev–Trinajstić information content (AvgIpc) is 2.36. The molecule has 0 saturated carbocycles. The lowest BCUT2D eigenvalue weighted by atomic mass is 10.0. The van der Waals surface area contributed by atoms with Crippen LogP contribution in [0.2, 0.25) is 0 Å². The molecule has 0 radical (unpaired) electrons. The van der Waals surface area contributed by atoms with E-state index in [0.29, 0.717) is 19.1 Å². The van der Waals surface area contributed by atoms with Crippen LogP contribution in [0.15, 0.2) is 0 Å². The van der Waals surface area contributed by atoms with Crippen molar-refractivity contribution in [3.05, 3.63) is 0 Å². The van der Waals surface area contributed by atoms with Gasteiger partial charge in [0.2, 0.25) is 0 Å². The Morgan fingerprint density at radius 1 is 1.23 bits per heavy atom. The minimum atomic E-state index is -0.472. The second-order valence-corrected chi connectivity index (χ2v) is 7.27. The molecule has 0 aliphatic carbocycles. The number of hydrogen-bond acceptors (Lipinski definition) is 5. The van der Waals surface area contributed by atoms with E-state index in [2.05, 4.69) is 15.5 Å². The Hall–Kier alpha value is -1.14. The maximum atomic E-state index is 11.8. The van der Waals surface area contributed by atoms with Crippen molar-refractivity contribution in [3.8, 4) is 0 Å².